The van der Waals surface area contributed by atoms with E-state index in [0.717, 1.165) is 37.6 Å². The number of nitrogens with one attached hydrogen (secondary N) is 1. The Morgan fingerprint density at radius 2 is 2.27 bits per heavy atom. The second-order valence-corrected chi connectivity index (χ2v) is 3.79. The maximum absolute atomic E-state index is 4.37. The SMILES string of the molecule is CNCCCN(C)Cc1ccnc(C)n1. The van der Waals surface area contributed by atoms with Crippen molar-refractivity contribution in [2.24, 2.45) is 0 Å². The van der Waals surface area contributed by atoms with E-state index >= 15 is 0 Å². The Balaban J connectivity index is 2.34. The molecule has 0 bridgehead atoms. The van der Waals surface area contributed by atoms with E-state index < -0.39 is 0 Å². The Hall–Kier alpha value is -1.00. The van der Waals surface area contributed by atoms with Crippen molar-refractivity contribution in [2.45, 2.75) is 19.9 Å². The summed E-state index contributed by atoms with van der Waals surface area (Å²) in [7, 11) is 4.10. The molecule has 0 atom stereocenters. The molecule has 0 aromatic carbocycles. The molecule has 1 aromatic heterocycles. The highest BCUT2D eigenvalue weighted by Crippen LogP contribution is 1.99. The van der Waals surface area contributed by atoms with E-state index in [2.05, 4.69) is 27.2 Å². The third kappa shape index (κ3) is 4.85. The molecule has 1 aromatic rings. The fraction of sp³-hybridized carbons (Fsp3) is 0.636. The highest BCUT2D eigenvalue weighted by atomic mass is 15.1. The zero-order valence-electron chi connectivity index (χ0n) is 9.82. The number of aromatic nitrogens is 2. The Morgan fingerprint density at radius 3 is 2.93 bits per heavy atom. The molecule has 0 aliphatic carbocycles. The maximum atomic E-state index is 4.37. The van der Waals surface area contributed by atoms with Crippen LogP contribution in [0.25, 0.3) is 0 Å². The highest BCUT2D eigenvalue weighted by molar-refractivity contribution is 5.01. The van der Waals surface area contributed by atoms with Crippen molar-refractivity contribution in [3.63, 3.8) is 0 Å². The van der Waals surface area contributed by atoms with Gasteiger partial charge in [-0.15, -0.1) is 0 Å². The standard InChI is InChI=1S/C11H20N4/c1-10-13-7-5-11(14-10)9-15(3)8-4-6-12-2/h5,7,12H,4,6,8-9H2,1-3H3. The van der Waals surface area contributed by atoms with Gasteiger partial charge in [0.15, 0.2) is 0 Å². The smallest absolute Gasteiger partial charge is 0.125 e. The molecule has 1 heterocycles. The summed E-state index contributed by atoms with van der Waals surface area (Å²) in [5.41, 5.74) is 1.09. The molecule has 1 rings (SSSR count). The summed E-state index contributed by atoms with van der Waals surface area (Å²) < 4.78 is 0. The summed E-state index contributed by atoms with van der Waals surface area (Å²) in [6.07, 6.45) is 2.98. The van der Waals surface area contributed by atoms with E-state index in [1.807, 2.05) is 26.2 Å². The van der Waals surface area contributed by atoms with Crippen molar-refractivity contribution < 1.29 is 0 Å². The summed E-state index contributed by atoms with van der Waals surface area (Å²) >= 11 is 0. The lowest BCUT2D eigenvalue weighted by Gasteiger charge is -2.15. The molecule has 84 valence electrons. The van der Waals surface area contributed by atoms with Crippen LogP contribution >= 0.6 is 0 Å². The van der Waals surface area contributed by atoms with Gasteiger partial charge in [-0.1, -0.05) is 0 Å². The predicted octanol–water partition coefficient (Wildman–Crippen LogP) is 0.826. The molecule has 0 aliphatic rings. The molecule has 1 N–H and O–H groups in total. The maximum Gasteiger partial charge on any atom is 0.125 e. The van der Waals surface area contributed by atoms with E-state index in [1.54, 1.807) is 0 Å². The Kier molecular flexibility index (Phi) is 5.21. The second kappa shape index (κ2) is 6.48. The zero-order valence-corrected chi connectivity index (χ0v) is 9.82. The fourth-order valence-electron chi connectivity index (χ4n) is 1.47. The molecule has 15 heavy (non-hydrogen) atoms. The summed E-state index contributed by atoms with van der Waals surface area (Å²) in [6, 6.07) is 1.97. The normalized spacial score (nSPS) is 10.9. The third-order valence-corrected chi connectivity index (χ3v) is 2.23. The summed E-state index contributed by atoms with van der Waals surface area (Å²) in [5, 5.41) is 3.14. The highest BCUT2D eigenvalue weighted by Gasteiger charge is 2.01. The van der Waals surface area contributed by atoms with Gasteiger partial charge in [-0.2, -0.15) is 0 Å². The number of hydrogen-bond donors (Lipinski definition) is 1. The van der Waals surface area contributed by atoms with Crippen LogP contribution in [0.5, 0.6) is 0 Å². The van der Waals surface area contributed by atoms with Crippen LogP contribution in [0.1, 0.15) is 17.9 Å². The number of aryl methyl sites for hydroxylation is 1. The minimum atomic E-state index is 0.844. The molecular formula is C11H20N4. The van der Waals surface area contributed by atoms with Gasteiger partial charge in [-0.05, 0) is 46.6 Å². The van der Waals surface area contributed by atoms with E-state index in [0.29, 0.717) is 0 Å². The molecule has 0 fully saturated rings. The monoisotopic (exact) mass is 208 g/mol. The van der Waals surface area contributed by atoms with Gasteiger partial charge in [0.1, 0.15) is 5.82 Å². The van der Waals surface area contributed by atoms with Crippen molar-refractivity contribution in [3.8, 4) is 0 Å². The molecular weight excluding hydrogens is 188 g/mol. The van der Waals surface area contributed by atoms with Gasteiger partial charge in [-0.25, -0.2) is 9.97 Å². The van der Waals surface area contributed by atoms with Crippen LogP contribution in [0, 0.1) is 6.92 Å². The molecule has 0 amide bonds. The molecule has 0 radical (unpaired) electrons. The van der Waals surface area contributed by atoms with Crippen LogP contribution < -0.4 is 5.32 Å². The van der Waals surface area contributed by atoms with Crippen LogP contribution in [0.15, 0.2) is 12.3 Å². The first kappa shape index (κ1) is 12.1. The summed E-state index contributed by atoms with van der Waals surface area (Å²) in [6.45, 7) is 4.97. The minimum absolute atomic E-state index is 0.844. The molecule has 0 saturated heterocycles. The molecule has 0 aliphatic heterocycles. The van der Waals surface area contributed by atoms with Crippen LogP contribution in [0.2, 0.25) is 0 Å². The summed E-state index contributed by atoms with van der Waals surface area (Å²) in [4.78, 5) is 10.7. The third-order valence-electron chi connectivity index (χ3n) is 2.23. The van der Waals surface area contributed by atoms with E-state index in [9.17, 15) is 0 Å². The first-order chi connectivity index (χ1) is 7.22. The molecule has 4 nitrogen and oxygen atoms in total. The quantitative estimate of drug-likeness (QED) is 0.703. The Morgan fingerprint density at radius 1 is 1.47 bits per heavy atom. The van der Waals surface area contributed by atoms with Crippen molar-refractivity contribution in [2.75, 3.05) is 27.2 Å². The average Bonchev–Trinajstić information content (AvgIpc) is 2.18. The van der Waals surface area contributed by atoms with Gasteiger partial charge in [0.05, 0.1) is 5.69 Å². The largest absolute Gasteiger partial charge is 0.320 e. The predicted molar refractivity (Wildman–Crippen MR) is 61.6 cm³/mol. The van der Waals surface area contributed by atoms with Crippen molar-refractivity contribution in [3.05, 3.63) is 23.8 Å². The zero-order chi connectivity index (χ0) is 11.1. The van der Waals surface area contributed by atoms with Crippen molar-refractivity contribution in [1.82, 2.24) is 20.2 Å². The molecule has 0 unspecified atom stereocenters. The van der Waals surface area contributed by atoms with E-state index in [4.69, 9.17) is 0 Å². The Labute approximate surface area is 91.7 Å². The van der Waals surface area contributed by atoms with Gasteiger partial charge in [0.2, 0.25) is 0 Å². The number of hydrogen-bond acceptors (Lipinski definition) is 4. The van der Waals surface area contributed by atoms with Gasteiger partial charge >= 0.3 is 0 Å². The minimum Gasteiger partial charge on any atom is -0.320 e. The van der Waals surface area contributed by atoms with Crippen molar-refractivity contribution in [1.29, 1.82) is 0 Å². The average molecular weight is 208 g/mol. The van der Waals surface area contributed by atoms with Gasteiger partial charge in [0, 0.05) is 12.7 Å². The van der Waals surface area contributed by atoms with Crippen LogP contribution in [0.4, 0.5) is 0 Å². The molecule has 0 saturated carbocycles. The fourth-order valence-corrected chi connectivity index (χ4v) is 1.47. The second-order valence-electron chi connectivity index (χ2n) is 3.79. The lowest BCUT2D eigenvalue weighted by molar-refractivity contribution is 0.317. The van der Waals surface area contributed by atoms with Gasteiger partial charge in [-0.3, -0.25) is 0 Å². The van der Waals surface area contributed by atoms with E-state index in [1.165, 1.54) is 0 Å². The lowest BCUT2D eigenvalue weighted by Crippen LogP contribution is -2.23. The van der Waals surface area contributed by atoms with E-state index in [-0.39, 0.29) is 0 Å². The molecule has 4 heteroatoms. The van der Waals surface area contributed by atoms with Gasteiger partial charge in [0.25, 0.3) is 0 Å². The van der Waals surface area contributed by atoms with Crippen LogP contribution in [-0.2, 0) is 6.54 Å². The first-order valence-electron chi connectivity index (χ1n) is 5.34. The number of nitrogens with zero attached hydrogens (tertiary/aromatic N) is 3. The first-order valence-corrected chi connectivity index (χ1v) is 5.34. The summed E-state index contributed by atoms with van der Waals surface area (Å²) in [5.74, 6) is 0.844. The van der Waals surface area contributed by atoms with Crippen LogP contribution in [-0.4, -0.2) is 42.1 Å². The lowest BCUT2D eigenvalue weighted by atomic mass is 10.3. The number of rotatable bonds is 6. The molecule has 0 spiro atoms. The van der Waals surface area contributed by atoms with Crippen LogP contribution in [0.3, 0.4) is 0 Å². The topological polar surface area (TPSA) is 41.0 Å². The Bertz CT molecular complexity index is 288. The van der Waals surface area contributed by atoms with Gasteiger partial charge < -0.3 is 10.2 Å². The van der Waals surface area contributed by atoms with Crippen molar-refractivity contribution >= 4 is 0 Å².